The van der Waals surface area contributed by atoms with Gasteiger partial charge in [0, 0.05) is 6.04 Å². The number of hydrogen-bond acceptors (Lipinski definition) is 2. The molecule has 0 radical (unpaired) electrons. The topological polar surface area (TPSA) is 15.3 Å². The highest BCUT2D eigenvalue weighted by Gasteiger charge is 2.44. The third-order valence-corrected chi connectivity index (χ3v) is 4.52. The Labute approximate surface area is 94.4 Å². The maximum Gasteiger partial charge on any atom is 0.0173 e. The summed E-state index contributed by atoms with van der Waals surface area (Å²) in [7, 11) is 2.33. The lowest BCUT2D eigenvalue weighted by atomic mass is 9.64. The fraction of sp³-hybridized carbons (Fsp3) is 1.00. The Balaban J connectivity index is 2.18. The van der Waals surface area contributed by atoms with Crippen LogP contribution in [0, 0.1) is 11.3 Å². The zero-order chi connectivity index (χ0) is 10.9. The molecule has 0 aromatic rings. The van der Waals surface area contributed by atoms with Crippen LogP contribution < -0.4 is 5.32 Å². The molecule has 0 aromatic heterocycles. The fourth-order valence-electron chi connectivity index (χ4n) is 4.12. The number of piperidine rings is 2. The standard InChI is InChI=1S/C13H26N2/c1-11(2)12-13(5-4-10-15(12)3)6-8-14-9-7-13/h11-12,14H,4-10H2,1-3H3. The molecule has 88 valence electrons. The number of rotatable bonds is 1. The van der Waals surface area contributed by atoms with Crippen LogP contribution in [0.3, 0.4) is 0 Å². The minimum atomic E-state index is 0.631. The summed E-state index contributed by atoms with van der Waals surface area (Å²) in [5, 5.41) is 3.51. The Hall–Kier alpha value is -0.0800. The Morgan fingerprint density at radius 1 is 1.20 bits per heavy atom. The molecule has 0 bridgehead atoms. The maximum atomic E-state index is 3.51. The molecule has 2 heteroatoms. The Morgan fingerprint density at radius 2 is 1.87 bits per heavy atom. The molecule has 2 saturated heterocycles. The molecule has 2 fully saturated rings. The second-order valence-corrected chi connectivity index (χ2v) is 5.89. The van der Waals surface area contributed by atoms with E-state index in [-0.39, 0.29) is 0 Å². The van der Waals surface area contributed by atoms with E-state index in [0.717, 1.165) is 12.0 Å². The molecule has 1 unspecified atom stereocenters. The average molecular weight is 210 g/mol. The monoisotopic (exact) mass is 210 g/mol. The van der Waals surface area contributed by atoms with Crippen molar-refractivity contribution in [1.82, 2.24) is 10.2 Å². The molecule has 1 atom stereocenters. The quantitative estimate of drug-likeness (QED) is 0.713. The van der Waals surface area contributed by atoms with E-state index < -0.39 is 0 Å². The molecule has 0 amide bonds. The van der Waals surface area contributed by atoms with E-state index in [0.29, 0.717) is 5.41 Å². The lowest BCUT2D eigenvalue weighted by Gasteiger charge is -2.53. The first kappa shape index (κ1) is 11.4. The summed E-state index contributed by atoms with van der Waals surface area (Å²) in [4.78, 5) is 2.62. The van der Waals surface area contributed by atoms with Gasteiger partial charge in [-0.05, 0) is 63.7 Å². The van der Waals surface area contributed by atoms with Gasteiger partial charge in [0.15, 0.2) is 0 Å². The predicted molar refractivity (Wildman–Crippen MR) is 65.0 cm³/mol. The zero-order valence-corrected chi connectivity index (χ0v) is 10.6. The van der Waals surface area contributed by atoms with Crippen molar-refractivity contribution in [3.63, 3.8) is 0 Å². The molecular formula is C13H26N2. The second kappa shape index (κ2) is 4.42. The van der Waals surface area contributed by atoms with Crippen molar-refractivity contribution >= 4 is 0 Å². The van der Waals surface area contributed by atoms with E-state index in [1.165, 1.54) is 45.3 Å². The molecule has 2 nitrogen and oxygen atoms in total. The van der Waals surface area contributed by atoms with Crippen LogP contribution in [0.2, 0.25) is 0 Å². The first-order valence-corrected chi connectivity index (χ1v) is 6.57. The van der Waals surface area contributed by atoms with Crippen molar-refractivity contribution in [1.29, 1.82) is 0 Å². The van der Waals surface area contributed by atoms with E-state index in [2.05, 4.69) is 31.1 Å². The minimum Gasteiger partial charge on any atom is -0.317 e. The van der Waals surface area contributed by atoms with Crippen LogP contribution in [0.4, 0.5) is 0 Å². The van der Waals surface area contributed by atoms with Crippen LogP contribution in [0.25, 0.3) is 0 Å². The van der Waals surface area contributed by atoms with E-state index in [4.69, 9.17) is 0 Å². The Bertz CT molecular complexity index is 201. The Kier molecular flexibility index (Phi) is 3.36. The van der Waals surface area contributed by atoms with Gasteiger partial charge in [-0.25, -0.2) is 0 Å². The molecule has 0 saturated carbocycles. The number of hydrogen-bond donors (Lipinski definition) is 1. The van der Waals surface area contributed by atoms with Gasteiger partial charge in [-0.3, -0.25) is 0 Å². The summed E-state index contributed by atoms with van der Waals surface area (Å²) in [6.07, 6.45) is 5.64. The van der Waals surface area contributed by atoms with E-state index in [9.17, 15) is 0 Å². The molecule has 2 heterocycles. The van der Waals surface area contributed by atoms with E-state index in [1.807, 2.05) is 0 Å². The summed E-state index contributed by atoms with van der Waals surface area (Å²) in [6, 6.07) is 0.813. The first-order chi connectivity index (χ1) is 7.16. The van der Waals surface area contributed by atoms with Crippen LogP contribution >= 0.6 is 0 Å². The highest BCUT2D eigenvalue weighted by molar-refractivity contribution is 4.98. The number of likely N-dealkylation sites (tertiary alicyclic amines) is 1. The van der Waals surface area contributed by atoms with Gasteiger partial charge < -0.3 is 10.2 Å². The van der Waals surface area contributed by atoms with Crippen LogP contribution in [0.5, 0.6) is 0 Å². The summed E-state index contributed by atoms with van der Waals surface area (Å²) < 4.78 is 0. The molecule has 1 spiro atoms. The van der Waals surface area contributed by atoms with Gasteiger partial charge in [0.2, 0.25) is 0 Å². The normalized spacial score (nSPS) is 32.4. The van der Waals surface area contributed by atoms with Crippen LogP contribution in [0.1, 0.15) is 39.5 Å². The average Bonchev–Trinajstić information content (AvgIpc) is 2.18. The highest BCUT2D eigenvalue weighted by Crippen LogP contribution is 2.45. The van der Waals surface area contributed by atoms with Crippen molar-refractivity contribution in [2.75, 3.05) is 26.7 Å². The van der Waals surface area contributed by atoms with Crippen molar-refractivity contribution in [3.8, 4) is 0 Å². The third-order valence-electron chi connectivity index (χ3n) is 4.52. The SMILES string of the molecule is CC(C)C1N(C)CCCC12CCNCC2. The summed E-state index contributed by atoms with van der Waals surface area (Å²) in [6.45, 7) is 8.57. The molecule has 1 N–H and O–H groups in total. The number of nitrogens with one attached hydrogen (secondary N) is 1. The summed E-state index contributed by atoms with van der Waals surface area (Å²) in [5.41, 5.74) is 0.631. The van der Waals surface area contributed by atoms with Crippen molar-refractivity contribution in [2.45, 2.75) is 45.6 Å². The molecular weight excluding hydrogens is 184 g/mol. The molecule has 2 aliphatic rings. The van der Waals surface area contributed by atoms with Crippen molar-refractivity contribution < 1.29 is 0 Å². The van der Waals surface area contributed by atoms with Gasteiger partial charge in [-0.15, -0.1) is 0 Å². The predicted octanol–water partition coefficient (Wildman–Crippen LogP) is 2.11. The maximum absolute atomic E-state index is 3.51. The van der Waals surface area contributed by atoms with E-state index >= 15 is 0 Å². The molecule has 2 rings (SSSR count). The largest absolute Gasteiger partial charge is 0.317 e. The lowest BCUT2D eigenvalue weighted by Crippen LogP contribution is -2.56. The van der Waals surface area contributed by atoms with Crippen LogP contribution in [-0.4, -0.2) is 37.6 Å². The van der Waals surface area contributed by atoms with Crippen molar-refractivity contribution in [3.05, 3.63) is 0 Å². The summed E-state index contributed by atoms with van der Waals surface area (Å²) >= 11 is 0. The lowest BCUT2D eigenvalue weighted by molar-refractivity contribution is -0.0193. The van der Waals surface area contributed by atoms with Gasteiger partial charge in [-0.1, -0.05) is 13.8 Å². The molecule has 0 aromatic carbocycles. The van der Waals surface area contributed by atoms with Crippen LogP contribution in [0.15, 0.2) is 0 Å². The van der Waals surface area contributed by atoms with Gasteiger partial charge in [0.1, 0.15) is 0 Å². The van der Waals surface area contributed by atoms with Gasteiger partial charge in [-0.2, -0.15) is 0 Å². The van der Waals surface area contributed by atoms with Gasteiger partial charge in [0.25, 0.3) is 0 Å². The molecule has 2 aliphatic heterocycles. The van der Waals surface area contributed by atoms with Gasteiger partial charge in [0.05, 0.1) is 0 Å². The van der Waals surface area contributed by atoms with Gasteiger partial charge >= 0.3 is 0 Å². The molecule has 15 heavy (non-hydrogen) atoms. The minimum absolute atomic E-state index is 0.631. The fourth-order valence-corrected chi connectivity index (χ4v) is 4.12. The summed E-state index contributed by atoms with van der Waals surface area (Å²) in [5.74, 6) is 0.799. The zero-order valence-electron chi connectivity index (χ0n) is 10.6. The second-order valence-electron chi connectivity index (χ2n) is 5.89. The van der Waals surface area contributed by atoms with E-state index in [1.54, 1.807) is 0 Å². The van der Waals surface area contributed by atoms with Crippen molar-refractivity contribution in [2.24, 2.45) is 11.3 Å². The van der Waals surface area contributed by atoms with Crippen LogP contribution in [-0.2, 0) is 0 Å². The Morgan fingerprint density at radius 3 is 2.47 bits per heavy atom. The molecule has 0 aliphatic carbocycles. The number of nitrogens with zero attached hydrogens (tertiary/aromatic N) is 1. The third kappa shape index (κ3) is 2.07. The first-order valence-electron chi connectivity index (χ1n) is 6.57. The smallest absolute Gasteiger partial charge is 0.0173 e. The highest BCUT2D eigenvalue weighted by atomic mass is 15.2.